The Balaban J connectivity index is 1.95. The van der Waals surface area contributed by atoms with E-state index >= 15 is 0 Å². The van der Waals surface area contributed by atoms with Crippen LogP contribution < -0.4 is 4.74 Å². The van der Waals surface area contributed by atoms with Gasteiger partial charge in [-0.3, -0.25) is 4.98 Å². The summed E-state index contributed by atoms with van der Waals surface area (Å²) < 4.78 is 10.9. The second-order valence-corrected chi connectivity index (χ2v) is 3.78. The Labute approximate surface area is 91.6 Å². The van der Waals surface area contributed by atoms with Gasteiger partial charge in [-0.25, -0.2) is 0 Å². The molecule has 1 aliphatic heterocycles. The van der Waals surface area contributed by atoms with E-state index in [0.29, 0.717) is 6.61 Å². The summed E-state index contributed by atoms with van der Waals surface area (Å²) in [6.45, 7) is 1.50. The molecular formula is C10H12BrNO2. The minimum absolute atomic E-state index is 0.201. The van der Waals surface area contributed by atoms with Crippen LogP contribution in [0.4, 0.5) is 0 Å². The van der Waals surface area contributed by atoms with Crippen LogP contribution in [0.2, 0.25) is 0 Å². The van der Waals surface area contributed by atoms with Crippen molar-refractivity contribution in [2.45, 2.75) is 17.9 Å². The molecule has 1 atom stereocenters. The SMILES string of the molecule is BrCc1ccc(OC2CCOC2)cn1. The molecule has 1 saturated heterocycles. The molecule has 1 fully saturated rings. The van der Waals surface area contributed by atoms with Crippen molar-refractivity contribution in [3.8, 4) is 5.75 Å². The molecule has 0 aromatic carbocycles. The fourth-order valence-electron chi connectivity index (χ4n) is 1.36. The fraction of sp³-hybridized carbons (Fsp3) is 0.500. The number of hydrogen-bond acceptors (Lipinski definition) is 3. The first-order valence-corrected chi connectivity index (χ1v) is 5.76. The molecule has 76 valence electrons. The van der Waals surface area contributed by atoms with Crippen molar-refractivity contribution < 1.29 is 9.47 Å². The highest BCUT2D eigenvalue weighted by atomic mass is 79.9. The van der Waals surface area contributed by atoms with Crippen molar-refractivity contribution in [3.05, 3.63) is 24.0 Å². The third-order valence-electron chi connectivity index (χ3n) is 2.13. The summed E-state index contributed by atoms with van der Waals surface area (Å²) >= 11 is 3.35. The molecule has 0 N–H and O–H groups in total. The Hall–Kier alpha value is -0.610. The minimum Gasteiger partial charge on any atom is -0.486 e. The summed E-state index contributed by atoms with van der Waals surface area (Å²) in [5.74, 6) is 0.824. The van der Waals surface area contributed by atoms with Crippen molar-refractivity contribution in [3.63, 3.8) is 0 Å². The summed E-state index contributed by atoms with van der Waals surface area (Å²) in [5, 5.41) is 0.778. The number of alkyl halides is 1. The van der Waals surface area contributed by atoms with Gasteiger partial charge in [0.15, 0.2) is 0 Å². The van der Waals surface area contributed by atoms with E-state index in [4.69, 9.17) is 9.47 Å². The Bertz CT molecular complexity index is 283. The number of ether oxygens (including phenoxy) is 2. The molecule has 4 heteroatoms. The lowest BCUT2D eigenvalue weighted by atomic mass is 10.3. The van der Waals surface area contributed by atoms with Crippen LogP contribution in [-0.2, 0) is 10.1 Å². The standard InChI is InChI=1S/C10H12BrNO2/c11-5-8-1-2-9(6-12-8)14-10-3-4-13-7-10/h1-2,6,10H,3-5,7H2. The number of nitrogens with zero attached hydrogens (tertiary/aromatic N) is 1. The fourth-order valence-corrected chi connectivity index (χ4v) is 1.69. The van der Waals surface area contributed by atoms with Crippen molar-refractivity contribution in [1.29, 1.82) is 0 Å². The van der Waals surface area contributed by atoms with E-state index in [0.717, 1.165) is 29.8 Å². The molecule has 2 heterocycles. The summed E-state index contributed by atoms with van der Waals surface area (Å²) in [5.41, 5.74) is 1.01. The van der Waals surface area contributed by atoms with Crippen LogP contribution in [0.25, 0.3) is 0 Å². The molecule has 0 aliphatic carbocycles. The van der Waals surface area contributed by atoms with Gasteiger partial charge in [0, 0.05) is 11.8 Å². The van der Waals surface area contributed by atoms with Gasteiger partial charge in [0.1, 0.15) is 11.9 Å². The lowest BCUT2D eigenvalue weighted by Gasteiger charge is -2.11. The van der Waals surface area contributed by atoms with Gasteiger partial charge in [-0.1, -0.05) is 15.9 Å². The van der Waals surface area contributed by atoms with Crippen LogP contribution in [0.3, 0.4) is 0 Å². The van der Waals surface area contributed by atoms with Gasteiger partial charge in [-0.2, -0.15) is 0 Å². The highest BCUT2D eigenvalue weighted by Gasteiger charge is 2.16. The van der Waals surface area contributed by atoms with Gasteiger partial charge < -0.3 is 9.47 Å². The van der Waals surface area contributed by atoms with Crippen LogP contribution in [-0.4, -0.2) is 24.3 Å². The lowest BCUT2D eigenvalue weighted by molar-refractivity contribution is 0.141. The van der Waals surface area contributed by atoms with Crippen molar-refractivity contribution >= 4 is 15.9 Å². The number of rotatable bonds is 3. The van der Waals surface area contributed by atoms with Crippen LogP contribution in [0.15, 0.2) is 18.3 Å². The molecule has 1 unspecified atom stereocenters. The maximum atomic E-state index is 5.67. The largest absolute Gasteiger partial charge is 0.486 e. The quantitative estimate of drug-likeness (QED) is 0.778. The Morgan fingerprint density at radius 1 is 1.57 bits per heavy atom. The van der Waals surface area contributed by atoms with Crippen molar-refractivity contribution in [1.82, 2.24) is 4.98 Å². The highest BCUT2D eigenvalue weighted by molar-refractivity contribution is 9.08. The summed E-state index contributed by atoms with van der Waals surface area (Å²) in [6.07, 6.45) is 2.93. The zero-order valence-electron chi connectivity index (χ0n) is 7.78. The zero-order valence-corrected chi connectivity index (χ0v) is 9.37. The molecule has 2 rings (SSSR count). The van der Waals surface area contributed by atoms with E-state index in [2.05, 4.69) is 20.9 Å². The average Bonchev–Trinajstić information content (AvgIpc) is 2.72. The summed E-state index contributed by atoms with van der Waals surface area (Å²) in [4.78, 5) is 4.23. The Kier molecular flexibility index (Phi) is 3.37. The molecule has 0 spiro atoms. The average molecular weight is 258 g/mol. The first kappa shape index (κ1) is 9.93. The summed E-state index contributed by atoms with van der Waals surface area (Å²) in [7, 11) is 0. The molecule has 0 bridgehead atoms. The maximum Gasteiger partial charge on any atom is 0.138 e. The number of aromatic nitrogens is 1. The van der Waals surface area contributed by atoms with E-state index in [9.17, 15) is 0 Å². The third kappa shape index (κ3) is 2.45. The molecule has 1 aliphatic rings. The topological polar surface area (TPSA) is 31.4 Å². The van der Waals surface area contributed by atoms with Crippen molar-refractivity contribution in [2.75, 3.05) is 13.2 Å². The molecule has 14 heavy (non-hydrogen) atoms. The summed E-state index contributed by atoms with van der Waals surface area (Å²) in [6, 6.07) is 3.90. The first-order valence-electron chi connectivity index (χ1n) is 4.64. The molecule has 0 amide bonds. The number of pyridine rings is 1. The predicted molar refractivity (Wildman–Crippen MR) is 56.7 cm³/mol. The van der Waals surface area contributed by atoms with Gasteiger partial charge >= 0.3 is 0 Å². The number of halogens is 1. The molecule has 0 radical (unpaired) electrons. The first-order chi connectivity index (χ1) is 6.88. The van der Waals surface area contributed by atoms with Crippen LogP contribution in [0.1, 0.15) is 12.1 Å². The molecule has 1 aromatic heterocycles. The molecule has 1 aromatic rings. The van der Waals surface area contributed by atoms with Gasteiger partial charge in [0.2, 0.25) is 0 Å². The highest BCUT2D eigenvalue weighted by Crippen LogP contribution is 2.16. The molecule has 3 nitrogen and oxygen atoms in total. The Morgan fingerprint density at radius 3 is 3.07 bits per heavy atom. The van der Waals surface area contributed by atoms with Crippen molar-refractivity contribution in [2.24, 2.45) is 0 Å². The smallest absolute Gasteiger partial charge is 0.138 e. The minimum atomic E-state index is 0.201. The van der Waals surface area contributed by atoms with E-state index in [1.54, 1.807) is 6.20 Å². The van der Waals surface area contributed by atoms with E-state index < -0.39 is 0 Å². The number of hydrogen-bond donors (Lipinski definition) is 0. The van der Waals surface area contributed by atoms with Gasteiger partial charge in [-0.15, -0.1) is 0 Å². The Morgan fingerprint density at radius 2 is 2.50 bits per heavy atom. The normalized spacial score (nSPS) is 21.1. The van der Waals surface area contributed by atoms with Gasteiger partial charge in [0.25, 0.3) is 0 Å². The monoisotopic (exact) mass is 257 g/mol. The van der Waals surface area contributed by atoms with Crippen LogP contribution in [0, 0.1) is 0 Å². The second kappa shape index (κ2) is 4.75. The maximum absolute atomic E-state index is 5.67. The van der Waals surface area contributed by atoms with E-state index in [1.807, 2.05) is 12.1 Å². The second-order valence-electron chi connectivity index (χ2n) is 3.22. The van der Waals surface area contributed by atoms with E-state index in [1.165, 1.54) is 0 Å². The van der Waals surface area contributed by atoms with Crippen LogP contribution in [0.5, 0.6) is 5.75 Å². The van der Waals surface area contributed by atoms with Gasteiger partial charge in [0.05, 0.1) is 25.1 Å². The van der Waals surface area contributed by atoms with Gasteiger partial charge in [-0.05, 0) is 12.1 Å². The van der Waals surface area contributed by atoms with Crippen LogP contribution >= 0.6 is 15.9 Å². The molecular weight excluding hydrogens is 246 g/mol. The predicted octanol–water partition coefficient (Wildman–Crippen LogP) is 2.14. The van der Waals surface area contributed by atoms with E-state index in [-0.39, 0.29) is 6.10 Å². The lowest BCUT2D eigenvalue weighted by Crippen LogP contribution is -2.15. The third-order valence-corrected chi connectivity index (χ3v) is 2.70. The zero-order chi connectivity index (χ0) is 9.80. The molecule has 0 saturated carbocycles.